The summed E-state index contributed by atoms with van der Waals surface area (Å²) in [7, 11) is 0. The molecule has 0 heterocycles. The summed E-state index contributed by atoms with van der Waals surface area (Å²) in [5, 5.41) is 18.5. The fourth-order valence-electron chi connectivity index (χ4n) is 6.64. The molecular formula is C20H30O3. The second kappa shape index (κ2) is 5.35. The van der Waals surface area contributed by atoms with Crippen molar-refractivity contribution in [2.75, 3.05) is 0 Å². The lowest BCUT2D eigenvalue weighted by atomic mass is 9.46. The molecule has 128 valence electrons. The molecule has 4 aliphatic rings. The van der Waals surface area contributed by atoms with Gasteiger partial charge in [-0.25, -0.2) is 0 Å². The molecule has 0 saturated heterocycles. The molecule has 4 rings (SSSR count). The first-order valence-electron chi connectivity index (χ1n) is 9.36. The van der Waals surface area contributed by atoms with Crippen LogP contribution in [-0.2, 0) is 4.74 Å². The highest BCUT2D eigenvalue weighted by molar-refractivity contribution is 5.23. The first-order chi connectivity index (χ1) is 10.9. The van der Waals surface area contributed by atoms with Gasteiger partial charge in [-0.2, -0.15) is 0 Å². The number of hydrogen-bond acceptors (Lipinski definition) is 3. The summed E-state index contributed by atoms with van der Waals surface area (Å²) in [6.45, 7) is 3.09. The van der Waals surface area contributed by atoms with E-state index in [1.54, 1.807) is 0 Å². The molecule has 0 aromatic carbocycles. The SMILES string of the molecule is C[C@]12C=CCC[C@H]1CC[C@@H]1[C@@H]2CC[C@]2(C)C(OC(O)O)=CC[C@@H]12. The van der Waals surface area contributed by atoms with Crippen LogP contribution in [0.4, 0.5) is 0 Å². The zero-order valence-corrected chi connectivity index (χ0v) is 14.4. The van der Waals surface area contributed by atoms with Crippen molar-refractivity contribution in [1.82, 2.24) is 0 Å². The van der Waals surface area contributed by atoms with E-state index < -0.39 is 6.48 Å². The molecule has 23 heavy (non-hydrogen) atoms. The fourth-order valence-corrected chi connectivity index (χ4v) is 6.64. The Morgan fingerprint density at radius 2 is 1.96 bits per heavy atom. The Morgan fingerprint density at radius 3 is 2.74 bits per heavy atom. The third kappa shape index (κ3) is 2.23. The van der Waals surface area contributed by atoms with Crippen molar-refractivity contribution < 1.29 is 14.9 Å². The van der Waals surface area contributed by atoms with Gasteiger partial charge in [-0.05, 0) is 80.1 Å². The van der Waals surface area contributed by atoms with Crippen molar-refractivity contribution in [2.45, 2.75) is 65.3 Å². The Balaban J connectivity index is 1.61. The van der Waals surface area contributed by atoms with Crippen molar-refractivity contribution >= 4 is 0 Å². The molecule has 0 bridgehead atoms. The largest absolute Gasteiger partial charge is 0.446 e. The quantitative estimate of drug-likeness (QED) is 0.598. The number of aliphatic hydroxyl groups excluding tert-OH is 1. The van der Waals surface area contributed by atoms with Gasteiger partial charge in [0.25, 0.3) is 0 Å². The highest BCUT2D eigenvalue weighted by atomic mass is 16.7. The van der Waals surface area contributed by atoms with E-state index in [4.69, 9.17) is 4.74 Å². The molecule has 0 aromatic rings. The molecule has 2 fully saturated rings. The van der Waals surface area contributed by atoms with E-state index in [9.17, 15) is 10.2 Å². The van der Waals surface area contributed by atoms with Crippen molar-refractivity contribution in [3.63, 3.8) is 0 Å². The van der Waals surface area contributed by atoms with Crippen molar-refractivity contribution in [3.8, 4) is 0 Å². The Labute approximate surface area is 139 Å². The molecule has 0 amide bonds. The van der Waals surface area contributed by atoms with Gasteiger partial charge in [0.05, 0.1) is 0 Å². The van der Waals surface area contributed by atoms with E-state index in [2.05, 4.69) is 32.1 Å². The van der Waals surface area contributed by atoms with Crippen LogP contribution in [0.25, 0.3) is 0 Å². The number of rotatable bonds is 2. The van der Waals surface area contributed by atoms with E-state index in [-0.39, 0.29) is 5.41 Å². The second-order valence-electron chi connectivity index (χ2n) is 8.70. The summed E-state index contributed by atoms with van der Waals surface area (Å²) in [6.07, 6.45) is 15.8. The summed E-state index contributed by atoms with van der Waals surface area (Å²) in [6, 6.07) is 0. The standard InChI is InChI=1S/C20H30O3/c1-19-11-4-3-5-13(19)6-7-14-15-8-9-17(23-18(21)22)20(15,2)12-10-16(14)19/h4,9,11,13-16,18,21-22H,3,5-8,10,12H2,1-2H3/t13-,14-,15-,16-,19-,20-/m0/s1. The average Bonchev–Trinajstić information content (AvgIpc) is 2.83. The van der Waals surface area contributed by atoms with E-state index in [1.165, 1.54) is 32.1 Å². The Bertz CT molecular complexity index is 537. The third-order valence-corrected chi connectivity index (χ3v) is 7.86. The van der Waals surface area contributed by atoms with Crippen molar-refractivity contribution in [3.05, 3.63) is 24.0 Å². The van der Waals surface area contributed by atoms with Gasteiger partial charge in [0.15, 0.2) is 0 Å². The molecule has 3 nitrogen and oxygen atoms in total. The first kappa shape index (κ1) is 15.7. The summed E-state index contributed by atoms with van der Waals surface area (Å²) >= 11 is 0. The van der Waals surface area contributed by atoms with Crippen LogP contribution in [0.1, 0.15) is 58.8 Å². The van der Waals surface area contributed by atoms with Crippen LogP contribution < -0.4 is 0 Å². The molecule has 6 atom stereocenters. The summed E-state index contributed by atoms with van der Waals surface area (Å²) in [4.78, 5) is 0. The maximum atomic E-state index is 9.23. The predicted octanol–water partition coefficient (Wildman–Crippen LogP) is 3.97. The number of aliphatic hydroxyl groups is 2. The number of hydrogen-bond donors (Lipinski definition) is 2. The zero-order valence-electron chi connectivity index (χ0n) is 14.4. The summed E-state index contributed by atoms with van der Waals surface area (Å²) < 4.78 is 5.35. The van der Waals surface area contributed by atoms with Gasteiger partial charge in [0.2, 0.25) is 0 Å². The van der Waals surface area contributed by atoms with Gasteiger partial charge >= 0.3 is 6.48 Å². The Kier molecular flexibility index (Phi) is 3.66. The molecule has 0 spiro atoms. The van der Waals surface area contributed by atoms with Gasteiger partial charge in [0.1, 0.15) is 5.76 Å². The fraction of sp³-hybridized carbons (Fsp3) is 0.800. The molecule has 0 aromatic heterocycles. The molecular weight excluding hydrogens is 288 g/mol. The van der Waals surface area contributed by atoms with Gasteiger partial charge in [-0.15, -0.1) is 0 Å². The first-order valence-corrected chi connectivity index (χ1v) is 9.36. The minimum absolute atomic E-state index is 0.00749. The predicted molar refractivity (Wildman–Crippen MR) is 89.0 cm³/mol. The van der Waals surface area contributed by atoms with Gasteiger partial charge in [-0.1, -0.05) is 26.0 Å². The van der Waals surface area contributed by atoms with Crippen LogP contribution in [0.15, 0.2) is 24.0 Å². The number of allylic oxidation sites excluding steroid dienone is 4. The minimum atomic E-state index is -1.69. The molecule has 4 aliphatic carbocycles. The molecule has 0 aliphatic heterocycles. The minimum Gasteiger partial charge on any atom is -0.446 e. The summed E-state index contributed by atoms with van der Waals surface area (Å²) in [5.41, 5.74) is 0.370. The van der Waals surface area contributed by atoms with Gasteiger partial charge in [0, 0.05) is 5.41 Å². The van der Waals surface area contributed by atoms with Crippen LogP contribution in [0.3, 0.4) is 0 Å². The normalized spacial score (nSPS) is 48.5. The van der Waals surface area contributed by atoms with Crippen molar-refractivity contribution in [1.29, 1.82) is 0 Å². The van der Waals surface area contributed by atoms with E-state index in [0.717, 1.165) is 36.4 Å². The molecule has 2 N–H and O–H groups in total. The molecule has 0 radical (unpaired) electrons. The van der Waals surface area contributed by atoms with Crippen LogP contribution in [0.5, 0.6) is 0 Å². The lowest BCUT2D eigenvalue weighted by Gasteiger charge is -2.58. The lowest BCUT2D eigenvalue weighted by molar-refractivity contribution is -0.224. The zero-order chi connectivity index (χ0) is 16.2. The number of fused-ring (bicyclic) bond motifs is 5. The second-order valence-corrected chi connectivity index (χ2v) is 8.70. The Morgan fingerprint density at radius 1 is 1.13 bits per heavy atom. The monoisotopic (exact) mass is 318 g/mol. The maximum absolute atomic E-state index is 9.23. The van der Waals surface area contributed by atoms with Crippen LogP contribution in [0.2, 0.25) is 0 Å². The highest BCUT2D eigenvalue weighted by Gasteiger charge is 2.58. The topological polar surface area (TPSA) is 49.7 Å². The third-order valence-electron chi connectivity index (χ3n) is 7.86. The summed E-state index contributed by atoms with van der Waals surface area (Å²) in [5.74, 6) is 3.81. The van der Waals surface area contributed by atoms with Crippen molar-refractivity contribution in [2.24, 2.45) is 34.5 Å². The van der Waals surface area contributed by atoms with Crippen LogP contribution in [0, 0.1) is 34.5 Å². The van der Waals surface area contributed by atoms with E-state index in [1.807, 2.05) is 0 Å². The van der Waals surface area contributed by atoms with Gasteiger partial charge in [-0.3, -0.25) is 0 Å². The maximum Gasteiger partial charge on any atom is 0.310 e. The average molecular weight is 318 g/mol. The van der Waals surface area contributed by atoms with Crippen LogP contribution in [-0.4, -0.2) is 16.7 Å². The Hall–Kier alpha value is -0.800. The molecule has 0 unspecified atom stereocenters. The highest BCUT2D eigenvalue weighted by Crippen LogP contribution is 2.65. The number of ether oxygens (including phenoxy) is 1. The van der Waals surface area contributed by atoms with E-state index in [0.29, 0.717) is 11.3 Å². The smallest absolute Gasteiger partial charge is 0.310 e. The van der Waals surface area contributed by atoms with Gasteiger partial charge < -0.3 is 14.9 Å². The van der Waals surface area contributed by atoms with Crippen LogP contribution >= 0.6 is 0 Å². The molecule has 3 heteroatoms. The molecule has 2 saturated carbocycles. The lowest BCUT2D eigenvalue weighted by Crippen LogP contribution is -2.51. The van der Waals surface area contributed by atoms with E-state index >= 15 is 0 Å².